The molecule has 1 aliphatic rings. The SMILES string of the molecule is CC.CC1CCCC1(C)C. The third-order valence-electron chi connectivity index (χ3n) is 2.79. The van der Waals surface area contributed by atoms with Crippen LogP contribution in [0, 0.1) is 11.3 Å². The summed E-state index contributed by atoms with van der Waals surface area (Å²) >= 11 is 0. The fourth-order valence-electron chi connectivity index (χ4n) is 1.50. The summed E-state index contributed by atoms with van der Waals surface area (Å²) in [4.78, 5) is 0. The summed E-state index contributed by atoms with van der Waals surface area (Å²) in [6, 6.07) is 0. The zero-order valence-corrected chi connectivity index (χ0v) is 8.20. The molecule has 10 heavy (non-hydrogen) atoms. The molecule has 0 saturated heterocycles. The van der Waals surface area contributed by atoms with E-state index in [0.717, 1.165) is 5.92 Å². The van der Waals surface area contributed by atoms with Crippen LogP contribution in [-0.4, -0.2) is 0 Å². The molecule has 0 aliphatic heterocycles. The summed E-state index contributed by atoms with van der Waals surface area (Å²) < 4.78 is 0. The molecular formula is C10H22. The summed E-state index contributed by atoms with van der Waals surface area (Å²) in [6.07, 6.45) is 4.34. The molecule has 0 aromatic rings. The average Bonchev–Trinajstić information content (AvgIpc) is 2.17. The molecule has 62 valence electrons. The predicted molar refractivity (Wildman–Crippen MR) is 48.1 cm³/mol. The van der Waals surface area contributed by atoms with E-state index in [0.29, 0.717) is 5.41 Å². The molecule has 1 saturated carbocycles. The first-order chi connectivity index (χ1) is 4.63. The Kier molecular flexibility index (Phi) is 4.00. The van der Waals surface area contributed by atoms with Crippen molar-refractivity contribution in [1.29, 1.82) is 0 Å². The molecular weight excluding hydrogens is 120 g/mol. The van der Waals surface area contributed by atoms with Gasteiger partial charge in [-0.15, -0.1) is 0 Å². The van der Waals surface area contributed by atoms with E-state index in [1.165, 1.54) is 19.3 Å². The fraction of sp³-hybridized carbons (Fsp3) is 1.00. The standard InChI is InChI=1S/C8H16.C2H6/c1-7-5-4-6-8(7,2)3;1-2/h7H,4-6H2,1-3H3;1-2H3. The first kappa shape index (κ1) is 10.0. The molecule has 0 nitrogen and oxygen atoms in total. The highest BCUT2D eigenvalue weighted by molar-refractivity contribution is 4.81. The van der Waals surface area contributed by atoms with Crippen molar-refractivity contribution in [3.8, 4) is 0 Å². The van der Waals surface area contributed by atoms with Gasteiger partial charge < -0.3 is 0 Å². The van der Waals surface area contributed by atoms with Crippen LogP contribution in [0.25, 0.3) is 0 Å². The second-order valence-corrected chi connectivity index (χ2v) is 3.78. The van der Waals surface area contributed by atoms with Gasteiger partial charge in [0.05, 0.1) is 0 Å². The van der Waals surface area contributed by atoms with Crippen molar-refractivity contribution >= 4 is 0 Å². The van der Waals surface area contributed by atoms with Crippen LogP contribution in [0.2, 0.25) is 0 Å². The maximum atomic E-state index is 2.38. The molecule has 0 bridgehead atoms. The molecule has 0 radical (unpaired) electrons. The van der Waals surface area contributed by atoms with Crippen LogP contribution in [0.1, 0.15) is 53.9 Å². The molecule has 1 atom stereocenters. The van der Waals surface area contributed by atoms with Gasteiger partial charge in [0.1, 0.15) is 0 Å². The van der Waals surface area contributed by atoms with Crippen molar-refractivity contribution in [2.24, 2.45) is 11.3 Å². The van der Waals surface area contributed by atoms with E-state index in [1.807, 2.05) is 13.8 Å². The van der Waals surface area contributed by atoms with Crippen molar-refractivity contribution < 1.29 is 0 Å². The minimum atomic E-state index is 0.653. The van der Waals surface area contributed by atoms with Gasteiger partial charge in [-0.3, -0.25) is 0 Å². The van der Waals surface area contributed by atoms with E-state index in [2.05, 4.69) is 20.8 Å². The van der Waals surface area contributed by atoms with Crippen molar-refractivity contribution in [3.63, 3.8) is 0 Å². The molecule has 0 N–H and O–H groups in total. The van der Waals surface area contributed by atoms with Crippen LogP contribution in [0.4, 0.5) is 0 Å². The van der Waals surface area contributed by atoms with Crippen molar-refractivity contribution in [2.75, 3.05) is 0 Å². The maximum Gasteiger partial charge on any atom is -0.0329 e. The minimum absolute atomic E-state index is 0.653. The van der Waals surface area contributed by atoms with Crippen LogP contribution in [0.15, 0.2) is 0 Å². The van der Waals surface area contributed by atoms with Gasteiger partial charge in [0, 0.05) is 0 Å². The van der Waals surface area contributed by atoms with Gasteiger partial charge in [-0.05, 0) is 17.8 Å². The van der Waals surface area contributed by atoms with Gasteiger partial charge in [0.15, 0.2) is 0 Å². The van der Waals surface area contributed by atoms with E-state index in [4.69, 9.17) is 0 Å². The zero-order valence-electron chi connectivity index (χ0n) is 8.20. The molecule has 0 aromatic carbocycles. The fourth-order valence-corrected chi connectivity index (χ4v) is 1.50. The molecule has 1 rings (SSSR count). The van der Waals surface area contributed by atoms with Crippen LogP contribution in [0.3, 0.4) is 0 Å². The number of hydrogen-bond donors (Lipinski definition) is 0. The van der Waals surface area contributed by atoms with E-state index in [9.17, 15) is 0 Å². The Morgan fingerprint density at radius 3 is 1.80 bits per heavy atom. The number of rotatable bonds is 0. The Labute approximate surface area is 66.0 Å². The highest BCUT2D eigenvalue weighted by Crippen LogP contribution is 2.41. The summed E-state index contributed by atoms with van der Waals surface area (Å²) in [5.74, 6) is 0.961. The summed E-state index contributed by atoms with van der Waals surface area (Å²) in [6.45, 7) is 11.1. The molecule has 0 aromatic heterocycles. The quantitative estimate of drug-likeness (QED) is 0.482. The molecule has 1 aliphatic carbocycles. The smallest absolute Gasteiger partial charge is 0.0329 e. The average molecular weight is 142 g/mol. The first-order valence-corrected chi connectivity index (χ1v) is 4.63. The van der Waals surface area contributed by atoms with Gasteiger partial charge in [0.25, 0.3) is 0 Å². The molecule has 1 fully saturated rings. The van der Waals surface area contributed by atoms with Crippen LogP contribution in [0.5, 0.6) is 0 Å². The van der Waals surface area contributed by atoms with Crippen molar-refractivity contribution in [1.82, 2.24) is 0 Å². The van der Waals surface area contributed by atoms with Gasteiger partial charge >= 0.3 is 0 Å². The third kappa shape index (κ3) is 2.32. The lowest BCUT2D eigenvalue weighted by Crippen LogP contribution is -2.13. The highest BCUT2D eigenvalue weighted by Gasteiger charge is 2.30. The Morgan fingerprint density at radius 2 is 1.70 bits per heavy atom. The molecule has 0 amide bonds. The van der Waals surface area contributed by atoms with Crippen LogP contribution < -0.4 is 0 Å². The second kappa shape index (κ2) is 4.00. The zero-order chi connectivity index (χ0) is 8.20. The molecule has 0 heteroatoms. The van der Waals surface area contributed by atoms with Gasteiger partial charge in [0.2, 0.25) is 0 Å². The van der Waals surface area contributed by atoms with E-state index in [1.54, 1.807) is 0 Å². The monoisotopic (exact) mass is 142 g/mol. The first-order valence-electron chi connectivity index (χ1n) is 4.63. The maximum absolute atomic E-state index is 2.38. The lowest BCUT2D eigenvalue weighted by molar-refractivity contribution is 0.281. The van der Waals surface area contributed by atoms with Crippen LogP contribution in [-0.2, 0) is 0 Å². The minimum Gasteiger partial charge on any atom is -0.0683 e. The van der Waals surface area contributed by atoms with Gasteiger partial charge in [-0.1, -0.05) is 47.5 Å². The highest BCUT2D eigenvalue weighted by atomic mass is 14.4. The topological polar surface area (TPSA) is 0 Å². The van der Waals surface area contributed by atoms with E-state index in [-0.39, 0.29) is 0 Å². The summed E-state index contributed by atoms with van der Waals surface area (Å²) in [5, 5.41) is 0. The summed E-state index contributed by atoms with van der Waals surface area (Å²) in [5.41, 5.74) is 0.653. The molecule has 0 heterocycles. The Bertz CT molecular complexity index is 82.0. The predicted octanol–water partition coefficient (Wildman–Crippen LogP) is 3.86. The van der Waals surface area contributed by atoms with Crippen LogP contribution >= 0.6 is 0 Å². The second-order valence-electron chi connectivity index (χ2n) is 3.78. The van der Waals surface area contributed by atoms with Gasteiger partial charge in [-0.2, -0.15) is 0 Å². The van der Waals surface area contributed by atoms with E-state index < -0.39 is 0 Å². The molecule has 0 spiro atoms. The van der Waals surface area contributed by atoms with Crippen molar-refractivity contribution in [2.45, 2.75) is 53.9 Å². The Morgan fingerprint density at radius 1 is 1.20 bits per heavy atom. The summed E-state index contributed by atoms with van der Waals surface area (Å²) in [7, 11) is 0. The normalized spacial score (nSPS) is 29.1. The lowest BCUT2D eigenvalue weighted by Gasteiger charge is -2.22. The lowest BCUT2D eigenvalue weighted by atomic mass is 9.83. The Balaban J connectivity index is 0.000000371. The third-order valence-corrected chi connectivity index (χ3v) is 2.79. The largest absolute Gasteiger partial charge is 0.0683 e. The van der Waals surface area contributed by atoms with Gasteiger partial charge in [-0.25, -0.2) is 0 Å². The number of hydrogen-bond acceptors (Lipinski definition) is 0. The Hall–Kier alpha value is 0. The van der Waals surface area contributed by atoms with E-state index >= 15 is 0 Å². The molecule has 1 unspecified atom stereocenters. The van der Waals surface area contributed by atoms with Crippen molar-refractivity contribution in [3.05, 3.63) is 0 Å².